The van der Waals surface area contributed by atoms with E-state index in [0.29, 0.717) is 40.5 Å². The van der Waals surface area contributed by atoms with Gasteiger partial charge >= 0.3 is 0 Å². The van der Waals surface area contributed by atoms with Gasteiger partial charge in [0.05, 0.1) is 17.7 Å². The Labute approximate surface area is 158 Å². The number of hydrogen-bond donors (Lipinski definition) is 1. The van der Waals surface area contributed by atoms with Crippen LogP contribution in [0.3, 0.4) is 0 Å². The van der Waals surface area contributed by atoms with Crippen molar-refractivity contribution in [2.45, 2.75) is 13.8 Å². The number of amides is 1. The summed E-state index contributed by atoms with van der Waals surface area (Å²) < 4.78 is 10.7. The molecule has 0 radical (unpaired) electrons. The number of furan rings is 1. The Bertz CT molecular complexity index is 769. The van der Waals surface area contributed by atoms with Gasteiger partial charge in [-0.3, -0.25) is 9.59 Å². The molecule has 1 amide bonds. The second kappa shape index (κ2) is 9.40. The highest BCUT2D eigenvalue weighted by atomic mass is 35.5. The highest BCUT2D eigenvalue weighted by molar-refractivity contribution is 6.33. The summed E-state index contributed by atoms with van der Waals surface area (Å²) in [7, 11) is 1.48. The van der Waals surface area contributed by atoms with Crippen molar-refractivity contribution in [2.24, 2.45) is 0 Å². The van der Waals surface area contributed by atoms with Crippen LogP contribution in [0.5, 0.6) is 5.75 Å². The van der Waals surface area contributed by atoms with E-state index < -0.39 is 0 Å². The zero-order chi connectivity index (χ0) is 19.1. The molecule has 2 aromatic rings. The smallest absolute Gasteiger partial charge is 0.255 e. The van der Waals surface area contributed by atoms with Gasteiger partial charge in [0.1, 0.15) is 11.5 Å². The van der Waals surface area contributed by atoms with E-state index in [9.17, 15) is 9.59 Å². The summed E-state index contributed by atoms with van der Waals surface area (Å²) in [4.78, 5) is 25.5. The van der Waals surface area contributed by atoms with Crippen LogP contribution in [0.4, 0.5) is 0 Å². The number of nitrogens with one attached hydrogen (secondary N) is 1. The van der Waals surface area contributed by atoms with Gasteiger partial charge in [0.15, 0.2) is 12.0 Å². The maximum absolute atomic E-state index is 12.5. The Morgan fingerprint density at radius 1 is 1.31 bits per heavy atom. The summed E-state index contributed by atoms with van der Waals surface area (Å²) >= 11 is 6.33. The first-order chi connectivity index (χ1) is 12.5. The quantitative estimate of drug-likeness (QED) is 0.676. The van der Waals surface area contributed by atoms with Gasteiger partial charge in [-0.05, 0) is 37.4 Å². The van der Waals surface area contributed by atoms with Gasteiger partial charge in [0, 0.05) is 18.7 Å². The third-order valence-electron chi connectivity index (χ3n) is 4.15. The summed E-state index contributed by atoms with van der Waals surface area (Å²) in [6.07, 6.45) is 0.617. The second-order valence-electron chi connectivity index (χ2n) is 5.63. The fraction of sp³-hybridized carbons (Fsp3) is 0.368. The fourth-order valence-electron chi connectivity index (χ4n) is 2.61. The van der Waals surface area contributed by atoms with Crippen molar-refractivity contribution in [1.29, 1.82) is 0 Å². The molecule has 0 spiro atoms. The minimum Gasteiger partial charge on any atom is -0.496 e. The number of nitrogens with zero attached hydrogens (tertiary/aromatic N) is 1. The van der Waals surface area contributed by atoms with E-state index >= 15 is 0 Å². The highest BCUT2D eigenvalue weighted by Crippen LogP contribution is 2.35. The summed E-state index contributed by atoms with van der Waals surface area (Å²) in [6.45, 7) is 7.33. The SMILES string of the molecule is CCN(CC)CCNC(=O)c1cc(Cl)c(-c2ccc(C=O)o2)cc1OC. The third kappa shape index (κ3) is 4.65. The van der Waals surface area contributed by atoms with Crippen LogP contribution in [0.1, 0.15) is 34.8 Å². The number of methoxy groups -OCH3 is 1. The predicted molar refractivity (Wildman–Crippen MR) is 101 cm³/mol. The number of ether oxygens (including phenoxy) is 1. The number of carbonyl (C=O) groups excluding carboxylic acids is 2. The molecule has 1 N–H and O–H groups in total. The molecule has 0 atom stereocenters. The molecule has 0 fully saturated rings. The Morgan fingerprint density at radius 2 is 2.04 bits per heavy atom. The lowest BCUT2D eigenvalue weighted by molar-refractivity contribution is 0.0945. The van der Waals surface area contributed by atoms with Crippen molar-refractivity contribution in [3.05, 3.63) is 40.6 Å². The van der Waals surface area contributed by atoms with E-state index in [1.807, 2.05) is 0 Å². The van der Waals surface area contributed by atoms with E-state index in [1.54, 1.807) is 24.3 Å². The first kappa shape index (κ1) is 20.0. The molecular weight excluding hydrogens is 356 g/mol. The van der Waals surface area contributed by atoms with Crippen LogP contribution in [0.15, 0.2) is 28.7 Å². The van der Waals surface area contributed by atoms with Crippen molar-refractivity contribution in [3.8, 4) is 17.1 Å². The molecule has 0 aliphatic heterocycles. The van der Waals surface area contributed by atoms with Gasteiger partial charge in [-0.25, -0.2) is 0 Å². The van der Waals surface area contributed by atoms with Gasteiger partial charge in [0.2, 0.25) is 0 Å². The summed E-state index contributed by atoms with van der Waals surface area (Å²) in [6, 6.07) is 6.38. The normalized spacial score (nSPS) is 10.8. The van der Waals surface area contributed by atoms with E-state index in [4.69, 9.17) is 20.8 Å². The van der Waals surface area contributed by atoms with E-state index in [2.05, 4.69) is 24.1 Å². The van der Waals surface area contributed by atoms with Gasteiger partial charge in [-0.2, -0.15) is 0 Å². The lowest BCUT2D eigenvalue weighted by Crippen LogP contribution is -2.34. The summed E-state index contributed by atoms with van der Waals surface area (Å²) in [5.74, 6) is 0.765. The van der Waals surface area contributed by atoms with Crippen molar-refractivity contribution in [1.82, 2.24) is 10.2 Å². The molecule has 0 bridgehead atoms. The zero-order valence-corrected chi connectivity index (χ0v) is 15.9. The Hall–Kier alpha value is -2.31. The number of hydrogen-bond acceptors (Lipinski definition) is 5. The van der Waals surface area contributed by atoms with Crippen LogP contribution in [-0.4, -0.2) is 50.4 Å². The molecule has 140 valence electrons. The summed E-state index contributed by atoms with van der Waals surface area (Å²) in [5, 5.41) is 3.22. The monoisotopic (exact) mass is 378 g/mol. The van der Waals surface area contributed by atoms with Crippen LogP contribution < -0.4 is 10.1 Å². The topological polar surface area (TPSA) is 71.8 Å². The number of rotatable bonds is 9. The van der Waals surface area contributed by atoms with E-state index in [-0.39, 0.29) is 11.7 Å². The molecule has 1 aromatic heterocycles. The molecule has 1 aromatic carbocycles. The average Bonchev–Trinajstić information content (AvgIpc) is 3.13. The van der Waals surface area contributed by atoms with Crippen LogP contribution in [0, 0.1) is 0 Å². The van der Waals surface area contributed by atoms with Crippen LogP contribution in [0.2, 0.25) is 5.02 Å². The van der Waals surface area contributed by atoms with Crippen LogP contribution in [0.25, 0.3) is 11.3 Å². The predicted octanol–water partition coefficient (Wildman–Crippen LogP) is 3.49. The molecule has 0 aliphatic rings. The molecule has 6 nitrogen and oxygen atoms in total. The lowest BCUT2D eigenvalue weighted by Gasteiger charge is -2.18. The Balaban J connectivity index is 2.20. The second-order valence-corrected chi connectivity index (χ2v) is 6.04. The molecule has 1 heterocycles. The molecular formula is C19H23ClN2O4. The Morgan fingerprint density at radius 3 is 2.62 bits per heavy atom. The maximum Gasteiger partial charge on any atom is 0.255 e. The van der Waals surface area contributed by atoms with Crippen molar-refractivity contribution < 1.29 is 18.7 Å². The average molecular weight is 379 g/mol. The standard InChI is InChI=1S/C19H23ClN2O4/c1-4-22(5-2)9-8-21-19(24)15-10-16(20)14(11-18(15)25-3)17-7-6-13(12-23)26-17/h6-7,10-12H,4-5,8-9H2,1-3H3,(H,21,24). The molecule has 26 heavy (non-hydrogen) atoms. The lowest BCUT2D eigenvalue weighted by atomic mass is 10.1. The highest BCUT2D eigenvalue weighted by Gasteiger charge is 2.18. The maximum atomic E-state index is 12.5. The van der Waals surface area contributed by atoms with E-state index in [0.717, 1.165) is 19.6 Å². The number of benzene rings is 1. The molecule has 0 saturated heterocycles. The van der Waals surface area contributed by atoms with Crippen LogP contribution >= 0.6 is 11.6 Å². The van der Waals surface area contributed by atoms with Crippen molar-refractivity contribution >= 4 is 23.8 Å². The molecule has 7 heteroatoms. The zero-order valence-electron chi connectivity index (χ0n) is 15.2. The van der Waals surface area contributed by atoms with E-state index in [1.165, 1.54) is 7.11 Å². The number of aldehydes is 1. The number of likely N-dealkylation sites (N-methyl/N-ethyl adjacent to an activating group) is 1. The molecule has 0 saturated carbocycles. The van der Waals surface area contributed by atoms with Crippen molar-refractivity contribution in [2.75, 3.05) is 33.3 Å². The third-order valence-corrected chi connectivity index (χ3v) is 4.46. The first-order valence-electron chi connectivity index (χ1n) is 8.47. The number of carbonyl (C=O) groups is 2. The number of halogens is 1. The molecule has 0 aliphatic carbocycles. The first-order valence-corrected chi connectivity index (χ1v) is 8.85. The molecule has 2 rings (SSSR count). The fourth-order valence-corrected chi connectivity index (χ4v) is 2.87. The van der Waals surface area contributed by atoms with Crippen molar-refractivity contribution in [3.63, 3.8) is 0 Å². The van der Waals surface area contributed by atoms with Gasteiger partial charge in [0.25, 0.3) is 5.91 Å². The van der Waals surface area contributed by atoms with Gasteiger partial charge in [-0.15, -0.1) is 0 Å². The van der Waals surface area contributed by atoms with Gasteiger partial charge in [-0.1, -0.05) is 25.4 Å². The minimum atomic E-state index is -0.254. The largest absolute Gasteiger partial charge is 0.496 e. The summed E-state index contributed by atoms with van der Waals surface area (Å²) in [5.41, 5.74) is 0.902. The Kier molecular flexibility index (Phi) is 7.24. The van der Waals surface area contributed by atoms with Gasteiger partial charge < -0.3 is 19.4 Å². The van der Waals surface area contributed by atoms with Crippen LogP contribution in [-0.2, 0) is 0 Å². The molecule has 0 unspecified atom stereocenters. The minimum absolute atomic E-state index is 0.202.